The molecule has 0 spiro atoms. The molecule has 2 aromatic rings. The van der Waals surface area contributed by atoms with Gasteiger partial charge in [0.1, 0.15) is 5.75 Å². The van der Waals surface area contributed by atoms with Gasteiger partial charge in [0, 0.05) is 36.0 Å². The molecule has 2 nitrogen and oxygen atoms in total. The van der Waals surface area contributed by atoms with Gasteiger partial charge < -0.3 is 9.07 Å². The third-order valence-corrected chi connectivity index (χ3v) is 6.69. The lowest BCUT2D eigenvalue weighted by Crippen LogP contribution is -2.28. The van der Waals surface area contributed by atoms with Crippen molar-refractivity contribution in [3.63, 3.8) is 0 Å². The van der Waals surface area contributed by atoms with E-state index < -0.39 is 0 Å². The summed E-state index contributed by atoms with van der Waals surface area (Å²) in [5.74, 6) is 0.926. The summed E-state index contributed by atoms with van der Waals surface area (Å²) in [5, 5.41) is 1.79. The van der Waals surface area contributed by atoms with Crippen LogP contribution in [0.5, 0.6) is 5.75 Å². The van der Waals surface area contributed by atoms with Gasteiger partial charge in [-0.15, -0.1) is 0 Å². The number of fused-ring (bicyclic) bond motifs is 1. The van der Waals surface area contributed by atoms with Crippen LogP contribution in [0.15, 0.2) is 30.5 Å². The van der Waals surface area contributed by atoms with Gasteiger partial charge in [-0.25, -0.2) is 0 Å². The fourth-order valence-corrected chi connectivity index (χ4v) is 6.94. The van der Waals surface area contributed by atoms with Crippen LogP contribution < -0.4 is 4.74 Å². The van der Waals surface area contributed by atoms with Gasteiger partial charge in [-0.3, -0.25) is 0 Å². The lowest BCUT2D eigenvalue weighted by Gasteiger charge is -2.42. The van der Waals surface area contributed by atoms with Crippen molar-refractivity contribution in [1.29, 1.82) is 0 Å². The number of hydrogen-bond donors (Lipinski definition) is 0. The fraction of sp³-hybridized carbons (Fsp3) is 0.529. The van der Waals surface area contributed by atoms with E-state index in [1.165, 1.54) is 10.9 Å². The zero-order valence-electron chi connectivity index (χ0n) is 13.7. The molecule has 20 heavy (non-hydrogen) atoms. The Morgan fingerprint density at radius 2 is 1.55 bits per heavy atom. The van der Waals surface area contributed by atoms with Gasteiger partial charge in [0.2, 0.25) is 0 Å². The van der Waals surface area contributed by atoms with Crippen LogP contribution in [0.25, 0.3) is 10.9 Å². The lowest BCUT2D eigenvalue weighted by molar-refractivity contribution is 0.415. The Hall–Kier alpha value is -1.01. The van der Waals surface area contributed by atoms with E-state index in [1.54, 1.807) is 7.11 Å². The van der Waals surface area contributed by atoms with E-state index in [2.05, 4.69) is 70.3 Å². The second-order valence-electron chi connectivity index (χ2n) is 7.24. The van der Waals surface area contributed by atoms with E-state index >= 15 is 0 Å². The Kier molecular flexibility index (Phi) is 3.90. The van der Waals surface area contributed by atoms with E-state index in [1.807, 2.05) is 6.07 Å². The molecule has 0 aliphatic rings. The molecule has 110 valence electrons. The second kappa shape index (κ2) is 5.07. The van der Waals surface area contributed by atoms with Crippen molar-refractivity contribution in [2.45, 2.75) is 51.9 Å². The van der Waals surface area contributed by atoms with E-state index in [0.717, 1.165) is 5.75 Å². The molecule has 0 saturated heterocycles. The molecule has 0 atom stereocenters. The quantitative estimate of drug-likeness (QED) is 0.667. The number of ether oxygens (including phenoxy) is 1. The average molecular weight is 291 g/mol. The molecule has 3 heteroatoms. The SMILES string of the molecule is COc1ccc2ccn(P(C(C)(C)C)C(C)(C)C)c2c1. The predicted octanol–water partition coefficient (Wildman–Crippen LogP) is 5.49. The Balaban J connectivity index is 2.65. The molecule has 0 aliphatic heterocycles. The molecular formula is C17H26NOP. The van der Waals surface area contributed by atoms with Crippen molar-refractivity contribution in [2.75, 3.05) is 7.11 Å². The van der Waals surface area contributed by atoms with Crippen LogP contribution in [-0.4, -0.2) is 21.8 Å². The Morgan fingerprint density at radius 1 is 0.950 bits per heavy atom. The van der Waals surface area contributed by atoms with Crippen molar-refractivity contribution in [2.24, 2.45) is 0 Å². The van der Waals surface area contributed by atoms with Crippen molar-refractivity contribution >= 4 is 19.0 Å². The van der Waals surface area contributed by atoms with E-state index in [9.17, 15) is 0 Å². The minimum atomic E-state index is -0.357. The molecule has 0 aliphatic carbocycles. The summed E-state index contributed by atoms with van der Waals surface area (Å²) < 4.78 is 7.87. The standard InChI is InChI=1S/C17H26NOP/c1-16(2,3)20(17(4,5)6)18-11-10-13-8-9-14(19-7)12-15(13)18/h8-12H,1-7H3. The summed E-state index contributed by atoms with van der Waals surface area (Å²) in [6, 6.07) is 8.54. The number of benzene rings is 1. The van der Waals surface area contributed by atoms with Crippen LogP contribution >= 0.6 is 8.07 Å². The Labute approximate surface area is 123 Å². The minimum absolute atomic E-state index is 0.253. The first kappa shape index (κ1) is 15.4. The number of aromatic nitrogens is 1. The largest absolute Gasteiger partial charge is 0.497 e. The zero-order valence-corrected chi connectivity index (χ0v) is 14.6. The Morgan fingerprint density at radius 3 is 2.05 bits per heavy atom. The van der Waals surface area contributed by atoms with Crippen molar-refractivity contribution in [3.8, 4) is 5.75 Å². The number of methoxy groups -OCH3 is 1. The topological polar surface area (TPSA) is 14.2 Å². The van der Waals surface area contributed by atoms with E-state index in [0.29, 0.717) is 0 Å². The second-order valence-corrected chi connectivity index (χ2v) is 11.0. The molecule has 2 rings (SSSR count). The summed E-state index contributed by atoms with van der Waals surface area (Å²) in [4.78, 5) is 0. The first-order chi connectivity index (χ1) is 9.14. The molecular weight excluding hydrogens is 265 g/mol. The summed E-state index contributed by atoms with van der Waals surface area (Å²) in [6.45, 7) is 14.1. The highest BCUT2D eigenvalue weighted by molar-refractivity contribution is 7.59. The van der Waals surface area contributed by atoms with Crippen LogP contribution in [0, 0.1) is 0 Å². The molecule has 0 unspecified atom stereocenters. The van der Waals surface area contributed by atoms with Gasteiger partial charge in [0.15, 0.2) is 0 Å². The highest BCUT2D eigenvalue weighted by Gasteiger charge is 2.36. The van der Waals surface area contributed by atoms with Crippen molar-refractivity contribution in [3.05, 3.63) is 30.5 Å². The molecule has 0 amide bonds. The molecule has 0 radical (unpaired) electrons. The normalized spacial score (nSPS) is 13.2. The summed E-state index contributed by atoms with van der Waals surface area (Å²) in [6.07, 6.45) is 2.24. The van der Waals surface area contributed by atoms with Gasteiger partial charge >= 0.3 is 0 Å². The van der Waals surface area contributed by atoms with Crippen LogP contribution in [0.4, 0.5) is 0 Å². The monoisotopic (exact) mass is 291 g/mol. The van der Waals surface area contributed by atoms with Gasteiger partial charge in [-0.2, -0.15) is 0 Å². The molecule has 0 bridgehead atoms. The maximum absolute atomic E-state index is 5.39. The van der Waals surface area contributed by atoms with Gasteiger partial charge in [-0.1, -0.05) is 41.5 Å². The first-order valence-electron chi connectivity index (χ1n) is 7.10. The van der Waals surface area contributed by atoms with E-state index in [-0.39, 0.29) is 18.4 Å². The smallest absolute Gasteiger partial charge is 0.120 e. The van der Waals surface area contributed by atoms with Crippen molar-refractivity contribution < 1.29 is 4.74 Å². The molecule has 1 heterocycles. The fourth-order valence-electron chi connectivity index (χ4n) is 3.05. The van der Waals surface area contributed by atoms with Gasteiger partial charge in [-0.05, 0) is 18.2 Å². The van der Waals surface area contributed by atoms with Crippen LogP contribution in [0.2, 0.25) is 0 Å². The third-order valence-electron chi connectivity index (χ3n) is 3.37. The van der Waals surface area contributed by atoms with Crippen LogP contribution in [0.1, 0.15) is 41.5 Å². The molecule has 1 aromatic carbocycles. The predicted molar refractivity (Wildman–Crippen MR) is 90.3 cm³/mol. The molecule has 1 aromatic heterocycles. The maximum Gasteiger partial charge on any atom is 0.120 e. The van der Waals surface area contributed by atoms with E-state index in [4.69, 9.17) is 4.74 Å². The van der Waals surface area contributed by atoms with Crippen LogP contribution in [-0.2, 0) is 0 Å². The first-order valence-corrected chi connectivity index (χ1v) is 8.40. The Bertz CT molecular complexity index is 587. The van der Waals surface area contributed by atoms with Crippen LogP contribution in [0.3, 0.4) is 0 Å². The average Bonchev–Trinajstić information content (AvgIpc) is 2.68. The van der Waals surface area contributed by atoms with Gasteiger partial charge in [0.25, 0.3) is 0 Å². The minimum Gasteiger partial charge on any atom is -0.497 e. The number of hydrogen-bond acceptors (Lipinski definition) is 1. The zero-order chi connectivity index (χ0) is 15.1. The summed E-state index contributed by atoms with van der Waals surface area (Å²) in [5.41, 5.74) is 1.28. The summed E-state index contributed by atoms with van der Waals surface area (Å²) in [7, 11) is 1.37. The number of nitrogens with zero attached hydrogens (tertiary/aromatic N) is 1. The third kappa shape index (κ3) is 2.86. The highest BCUT2D eigenvalue weighted by Crippen LogP contribution is 2.61. The van der Waals surface area contributed by atoms with Gasteiger partial charge in [0.05, 0.1) is 12.6 Å². The highest BCUT2D eigenvalue weighted by atomic mass is 31.1. The lowest BCUT2D eigenvalue weighted by atomic mass is 10.2. The van der Waals surface area contributed by atoms with Crippen molar-refractivity contribution in [1.82, 2.24) is 4.34 Å². The number of rotatable bonds is 2. The maximum atomic E-state index is 5.39. The molecule has 0 saturated carbocycles. The molecule has 0 N–H and O–H groups in total. The molecule has 0 fully saturated rings. The summed E-state index contributed by atoms with van der Waals surface area (Å²) >= 11 is 0.